The third kappa shape index (κ3) is 2.18. The van der Waals surface area contributed by atoms with E-state index in [9.17, 15) is 0 Å². The van der Waals surface area contributed by atoms with E-state index in [1.807, 2.05) is 24.3 Å². The van der Waals surface area contributed by atoms with Gasteiger partial charge in [-0.3, -0.25) is 0 Å². The van der Waals surface area contributed by atoms with Crippen LogP contribution in [0.15, 0.2) is 28.7 Å². The molecule has 3 nitrogen and oxygen atoms in total. The molecule has 1 aromatic carbocycles. The molecular formula is C12H13BrN2O. The summed E-state index contributed by atoms with van der Waals surface area (Å²) in [6, 6.07) is 8.00. The second-order valence-corrected chi connectivity index (χ2v) is 4.45. The first-order chi connectivity index (χ1) is 7.74. The molecule has 0 amide bonds. The van der Waals surface area contributed by atoms with Crippen molar-refractivity contribution in [2.45, 2.75) is 20.0 Å². The highest BCUT2D eigenvalue weighted by atomic mass is 79.9. The van der Waals surface area contributed by atoms with Crippen molar-refractivity contribution in [2.24, 2.45) is 0 Å². The van der Waals surface area contributed by atoms with E-state index in [2.05, 4.69) is 32.8 Å². The topological polar surface area (TPSA) is 48.9 Å². The Hall–Kier alpha value is -1.13. The van der Waals surface area contributed by atoms with Crippen LogP contribution >= 0.6 is 15.9 Å². The Kier molecular flexibility index (Phi) is 3.41. The van der Waals surface area contributed by atoms with Crippen LogP contribution in [-0.4, -0.2) is 15.1 Å². The highest BCUT2D eigenvalue weighted by Crippen LogP contribution is 2.25. The first-order valence-corrected chi connectivity index (χ1v) is 5.98. The molecule has 0 aliphatic carbocycles. The molecule has 2 rings (SSSR count). The third-order valence-corrected chi connectivity index (χ3v) is 2.92. The van der Waals surface area contributed by atoms with Gasteiger partial charge in [0.2, 0.25) is 0 Å². The monoisotopic (exact) mass is 280 g/mol. The van der Waals surface area contributed by atoms with E-state index >= 15 is 0 Å². The minimum atomic E-state index is -0.0546. The van der Waals surface area contributed by atoms with Gasteiger partial charge in [0, 0.05) is 15.7 Å². The van der Waals surface area contributed by atoms with Gasteiger partial charge in [0.1, 0.15) is 12.4 Å². The van der Waals surface area contributed by atoms with Crippen molar-refractivity contribution < 1.29 is 5.11 Å². The number of halogens is 1. The molecule has 0 radical (unpaired) electrons. The Morgan fingerprint density at radius 1 is 1.44 bits per heavy atom. The number of aliphatic hydroxyl groups is 1. The van der Waals surface area contributed by atoms with Gasteiger partial charge in [-0.25, -0.2) is 4.98 Å². The molecule has 0 atom stereocenters. The zero-order valence-corrected chi connectivity index (χ0v) is 10.6. The molecule has 0 aliphatic rings. The van der Waals surface area contributed by atoms with Gasteiger partial charge in [0.15, 0.2) is 0 Å². The standard InChI is InChI=1S/C12H13BrN2O/c1-2-10-12(15-11(7-16)14-10)8-4-3-5-9(13)6-8/h3-6,16H,2,7H2,1H3,(H,14,15). The second kappa shape index (κ2) is 4.80. The Morgan fingerprint density at radius 2 is 2.25 bits per heavy atom. The molecule has 0 aliphatic heterocycles. The summed E-state index contributed by atoms with van der Waals surface area (Å²) in [6.07, 6.45) is 0.870. The maximum absolute atomic E-state index is 9.07. The van der Waals surface area contributed by atoms with E-state index in [0.717, 1.165) is 27.8 Å². The van der Waals surface area contributed by atoms with Crippen LogP contribution < -0.4 is 0 Å². The fourth-order valence-electron chi connectivity index (χ4n) is 1.67. The quantitative estimate of drug-likeness (QED) is 0.908. The van der Waals surface area contributed by atoms with Gasteiger partial charge < -0.3 is 10.1 Å². The Labute approximate surface area is 103 Å². The molecule has 1 aromatic heterocycles. The van der Waals surface area contributed by atoms with Crippen LogP contribution in [0.4, 0.5) is 0 Å². The average Bonchev–Trinajstić information content (AvgIpc) is 2.72. The largest absolute Gasteiger partial charge is 0.388 e. The van der Waals surface area contributed by atoms with Gasteiger partial charge in [-0.1, -0.05) is 35.0 Å². The molecule has 16 heavy (non-hydrogen) atoms. The summed E-state index contributed by atoms with van der Waals surface area (Å²) < 4.78 is 1.03. The molecule has 1 heterocycles. The van der Waals surface area contributed by atoms with Gasteiger partial charge in [0.25, 0.3) is 0 Å². The van der Waals surface area contributed by atoms with Crippen LogP contribution in [0, 0.1) is 0 Å². The van der Waals surface area contributed by atoms with Crippen molar-refractivity contribution in [1.82, 2.24) is 9.97 Å². The molecule has 2 N–H and O–H groups in total. The minimum absolute atomic E-state index is 0.0546. The van der Waals surface area contributed by atoms with Crippen molar-refractivity contribution in [1.29, 1.82) is 0 Å². The van der Waals surface area contributed by atoms with Crippen molar-refractivity contribution >= 4 is 15.9 Å². The molecule has 0 bridgehead atoms. The van der Waals surface area contributed by atoms with E-state index in [4.69, 9.17) is 5.11 Å². The van der Waals surface area contributed by atoms with E-state index in [-0.39, 0.29) is 6.61 Å². The van der Waals surface area contributed by atoms with Crippen LogP contribution in [0.1, 0.15) is 18.4 Å². The third-order valence-electron chi connectivity index (χ3n) is 2.43. The number of nitrogens with zero attached hydrogens (tertiary/aromatic N) is 1. The lowest BCUT2D eigenvalue weighted by atomic mass is 10.1. The van der Waals surface area contributed by atoms with Gasteiger partial charge in [-0.15, -0.1) is 0 Å². The number of rotatable bonds is 3. The van der Waals surface area contributed by atoms with E-state index in [1.165, 1.54) is 0 Å². The molecule has 0 spiro atoms. The summed E-state index contributed by atoms with van der Waals surface area (Å²) in [4.78, 5) is 7.51. The Balaban J connectivity index is 2.50. The number of hydrogen-bond acceptors (Lipinski definition) is 2. The van der Waals surface area contributed by atoms with Gasteiger partial charge in [-0.05, 0) is 18.6 Å². The van der Waals surface area contributed by atoms with Crippen molar-refractivity contribution in [3.63, 3.8) is 0 Å². The van der Waals surface area contributed by atoms with Crippen LogP contribution in [-0.2, 0) is 13.0 Å². The predicted octanol–water partition coefficient (Wildman–Crippen LogP) is 2.89. The first kappa shape index (κ1) is 11.4. The molecule has 4 heteroatoms. The lowest BCUT2D eigenvalue weighted by Crippen LogP contribution is -1.85. The number of benzene rings is 1. The van der Waals surface area contributed by atoms with Crippen molar-refractivity contribution in [3.05, 3.63) is 40.3 Å². The lowest BCUT2D eigenvalue weighted by Gasteiger charge is -2.00. The van der Waals surface area contributed by atoms with Crippen LogP contribution in [0.3, 0.4) is 0 Å². The van der Waals surface area contributed by atoms with Gasteiger partial charge in [-0.2, -0.15) is 0 Å². The van der Waals surface area contributed by atoms with E-state index < -0.39 is 0 Å². The number of aromatic nitrogens is 2. The minimum Gasteiger partial charge on any atom is -0.388 e. The van der Waals surface area contributed by atoms with Crippen LogP contribution in [0.25, 0.3) is 11.3 Å². The summed E-state index contributed by atoms with van der Waals surface area (Å²) in [5.74, 6) is 0.617. The predicted molar refractivity (Wildman–Crippen MR) is 67.0 cm³/mol. The summed E-state index contributed by atoms with van der Waals surface area (Å²) in [6.45, 7) is 2.01. The van der Waals surface area contributed by atoms with Crippen molar-refractivity contribution in [3.8, 4) is 11.3 Å². The normalized spacial score (nSPS) is 10.7. The van der Waals surface area contributed by atoms with Gasteiger partial charge >= 0.3 is 0 Å². The second-order valence-electron chi connectivity index (χ2n) is 3.53. The molecule has 0 saturated carbocycles. The highest BCUT2D eigenvalue weighted by Gasteiger charge is 2.10. The molecule has 0 saturated heterocycles. The van der Waals surface area contributed by atoms with E-state index in [0.29, 0.717) is 5.82 Å². The zero-order chi connectivity index (χ0) is 11.5. The van der Waals surface area contributed by atoms with Gasteiger partial charge in [0.05, 0.1) is 5.69 Å². The number of H-pyrrole nitrogens is 1. The number of nitrogens with one attached hydrogen (secondary N) is 1. The molecule has 0 unspecified atom stereocenters. The summed E-state index contributed by atoms with van der Waals surface area (Å²) in [5.41, 5.74) is 3.04. The fourth-order valence-corrected chi connectivity index (χ4v) is 2.07. The van der Waals surface area contributed by atoms with E-state index in [1.54, 1.807) is 0 Å². The molecule has 0 fully saturated rings. The average molecular weight is 281 g/mol. The number of aliphatic hydroxyl groups excluding tert-OH is 1. The van der Waals surface area contributed by atoms with Crippen LogP contribution in [0.5, 0.6) is 0 Å². The lowest BCUT2D eigenvalue weighted by molar-refractivity contribution is 0.272. The molecular weight excluding hydrogens is 268 g/mol. The Morgan fingerprint density at radius 3 is 2.88 bits per heavy atom. The smallest absolute Gasteiger partial charge is 0.132 e. The zero-order valence-electron chi connectivity index (χ0n) is 9.00. The van der Waals surface area contributed by atoms with Crippen molar-refractivity contribution in [2.75, 3.05) is 0 Å². The van der Waals surface area contributed by atoms with Crippen LogP contribution in [0.2, 0.25) is 0 Å². The SMILES string of the molecule is CCc1[nH]c(CO)nc1-c1cccc(Br)c1. The number of imidazole rings is 1. The Bertz CT molecular complexity index is 494. The molecule has 84 valence electrons. The fraction of sp³-hybridized carbons (Fsp3) is 0.250. The number of aromatic amines is 1. The summed E-state index contributed by atoms with van der Waals surface area (Å²) in [5, 5.41) is 9.07. The summed E-state index contributed by atoms with van der Waals surface area (Å²) in [7, 11) is 0. The maximum Gasteiger partial charge on any atom is 0.132 e. The maximum atomic E-state index is 9.07. The number of aryl methyl sites for hydroxylation is 1. The molecule has 2 aromatic rings. The highest BCUT2D eigenvalue weighted by molar-refractivity contribution is 9.10. The summed E-state index contributed by atoms with van der Waals surface area (Å²) >= 11 is 3.44. The first-order valence-electron chi connectivity index (χ1n) is 5.19. The number of hydrogen-bond donors (Lipinski definition) is 2.